The zero-order valence-corrected chi connectivity index (χ0v) is 13.1. The number of amides is 3. The maximum atomic E-state index is 12.1. The molecule has 0 saturated carbocycles. The Kier molecular flexibility index (Phi) is 5.91. The molecule has 120 valence electrons. The molecule has 1 aromatic carbocycles. The van der Waals surface area contributed by atoms with Gasteiger partial charge in [-0.15, -0.1) is 0 Å². The molecule has 0 aliphatic heterocycles. The summed E-state index contributed by atoms with van der Waals surface area (Å²) >= 11 is 0. The van der Waals surface area contributed by atoms with E-state index >= 15 is 0 Å². The Morgan fingerprint density at radius 2 is 1.68 bits per heavy atom. The van der Waals surface area contributed by atoms with Crippen molar-refractivity contribution in [3.05, 3.63) is 29.8 Å². The molecule has 0 saturated heterocycles. The second-order valence-corrected chi connectivity index (χ2v) is 5.36. The first-order chi connectivity index (χ1) is 10.2. The molecule has 0 heterocycles. The zero-order valence-electron chi connectivity index (χ0n) is 13.1. The predicted molar refractivity (Wildman–Crippen MR) is 82.5 cm³/mol. The smallest absolute Gasteiger partial charge is 0.338 e. The maximum absolute atomic E-state index is 12.1. The molecule has 0 bridgehead atoms. The van der Waals surface area contributed by atoms with E-state index in [0.29, 0.717) is 5.56 Å². The average molecular weight is 307 g/mol. The number of esters is 1. The highest BCUT2D eigenvalue weighted by atomic mass is 16.5. The maximum Gasteiger partial charge on any atom is 0.338 e. The van der Waals surface area contributed by atoms with Gasteiger partial charge in [0.25, 0.3) is 5.91 Å². The van der Waals surface area contributed by atoms with E-state index in [0.717, 1.165) is 5.69 Å². The van der Waals surface area contributed by atoms with Crippen molar-refractivity contribution in [1.82, 2.24) is 5.32 Å². The Morgan fingerprint density at radius 3 is 2.09 bits per heavy atom. The molecule has 0 aliphatic rings. The van der Waals surface area contributed by atoms with Gasteiger partial charge in [0.1, 0.15) is 0 Å². The number of urea groups is 1. The summed E-state index contributed by atoms with van der Waals surface area (Å²) in [4.78, 5) is 36.5. The van der Waals surface area contributed by atoms with E-state index in [-0.39, 0.29) is 5.92 Å². The highest BCUT2D eigenvalue weighted by molar-refractivity contribution is 5.98. The lowest BCUT2D eigenvalue weighted by atomic mass is 10.1. The fourth-order valence-electron chi connectivity index (χ4n) is 1.76. The van der Waals surface area contributed by atoms with Crippen LogP contribution in [0.25, 0.3) is 0 Å². The number of nitrogens with one attached hydrogen (secondary N) is 1. The number of anilines is 1. The van der Waals surface area contributed by atoms with Crippen LogP contribution >= 0.6 is 0 Å². The molecular formula is C15H21N3O4. The number of carbonyl (C=O) groups is 3. The highest BCUT2D eigenvalue weighted by Crippen LogP contribution is 2.15. The monoisotopic (exact) mass is 307 g/mol. The number of benzene rings is 1. The van der Waals surface area contributed by atoms with Crippen LogP contribution in [-0.2, 0) is 9.53 Å². The first-order valence-corrected chi connectivity index (χ1v) is 6.81. The van der Waals surface area contributed by atoms with Crippen molar-refractivity contribution in [3.8, 4) is 0 Å². The number of ether oxygens (including phenoxy) is 1. The normalized spacial score (nSPS) is 11.7. The molecule has 1 aromatic rings. The van der Waals surface area contributed by atoms with Gasteiger partial charge in [0.15, 0.2) is 6.10 Å². The SMILES string of the molecule is CC(C)[C@@H](OC(=O)c1ccc(N(C)C)cc1)C(=O)NC(N)=O. The molecule has 7 nitrogen and oxygen atoms in total. The zero-order chi connectivity index (χ0) is 16.9. The van der Waals surface area contributed by atoms with Gasteiger partial charge in [-0.25, -0.2) is 9.59 Å². The lowest BCUT2D eigenvalue weighted by molar-refractivity contribution is -0.130. The summed E-state index contributed by atoms with van der Waals surface area (Å²) in [5, 5.41) is 1.92. The van der Waals surface area contributed by atoms with E-state index < -0.39 is 24.0 Å². The average Bonchev–Trinajstić information content (AvgIpc) is 2.43. The van der Waals surface area contributed by atoms with Crippen LogP contribution in [0, 0.1) is 5.92 Å². The molecule has 0 unspecified atom stereocenters. The molecule has 7 heteroatoms. The van der Waals surface area contributed by atoms with Gasteiger partial charge in [0, 0.05) is 19.8 Å². The van der Waals surface area contributed by atoms with Crippen molar-refractivity contribution < 1.29 is 19.1 Å². The molecule has 3 N–H and O–H groups in total. The van der Waals surface area contributed by atoms with Gasteiger partial charge >= 0.3 is 12.0 Å². The molecule has 0 aliphatic carbocycles. The van der Waals surface area contributed by atoms with Gasteiger partial charge in [0.2, 0.25) is 0 Å². The van der Waals surface area contributed by atoms with E-state index in [2.05, 4.69) is 0 Å². The lowest BCUT2D eigenvalue weighted by Gasteiger charge is -2.20. The number of primary amides is 1. The fourth-order valence-corrected chi connectivity index (χ4v) is 1.76. The van der Waals surface area contributed by atoms with Crippen LogP contribution in [0.4, 0.5) is 10.5 Å². The minimum atomic E-state index is -1.09. The molecule has 1 atom stereocenters. The number of nitrogens with zero attached hydrogens (tertiary/aromatic N) is 1. The Balaban J connectivity index is 2.82. The Morgan fingerprint density at radius 1 is 1.14 bits per heavy atom. The van der Waals surface area contributed by atoms with Gasteiger partial charge < -0.3 is 15.4 Å². The van der Waals surface area contributed by atoms with Crippen molar-refractivity contribution >= 4 is 23.6 Å². The number of carbonyl (C=O) groups excluding carboxylic acids is 3. The minimum absolute atomic E-state index is 0.302. The lowest BCUT2D eigenvalue weighted by Crippen LogP contribution is -2.45. The number of imide groups is 1. The van der Waals surface area contributed by atoms with Crippen LogP contribution in [0.2, 0.25) is 0 Å². The Hall–Kier alpha value is -2.57. The largest absolute Gasteiger partial charge is 0.448 e. The fraction of sp³-hybridized carbons (Fsp3) is 0.400. The van der Waals surface area contributed by atoms with Gasteiger partial charge in [-0.05, 0) is 30.2 Å². The number of hydrogen-bond donors (Lipinski definition) is 2. The minimum Gasteiger partial charge on any atom is -0.448 e. The summed E-state index contributed by atoms with van der Waals surface area (Å²) in [6, 6.07) is 5.78. The summed E-state index contributed by atoms with van der Waals surface area (Å²) < 4.78 is 5.19. The highest BCUT2D eigenvalue weighted by Gasteiger charge is 2.27. The van der Waals surface area contributed by atoms with Gasteiger partial charge in [-0.3, -0.25) is 10.1 Å². The summed E-state index contributed by atoms with van der Waals surface area (Å²) in [5.74, 6) is -1.67. The predicted octanol–water partition coefficient (Wildman–Crippen LogP) is 1.13. The van der Waals surface area contributed by atoms with Crippen molar-refractivity contribution in [2.24, 2.45) is 11.7 Å². The summed E-state index contributed by atoms with van der Waals surface area (Å²) in [5.41, 5.74) is 6.16. The molecule has 1 rings (SSSR count). The molecule has 0 aromatic heterocycles. The Labute approximate surface area is 129 Å². The van der Waals surface area contributed by atoms with Crippen LogP contribution in [0.5, 0.6) is 0 Å². The number of nitrogens with two attached hydrogens (primary N) is 1. The summed E-state index contributed by atoms with van der Waals surface area (Å²) in [7, 11) is 3.77. The number of hydrogen-bond acceptors (Lipinski definition) is 5. The molecule has 0 fully saturated rings. The van der Waals surface area contributed by atoms with Gasteiger partial charge in [-0.1, -0.05) is 13.8 Å². The van der Waals surface area contributed by atoms with Crippen molar-refractivity contribution in [1.29, 1.82) is 0 Å². The van der Waals surface area contributed by atoms with Crippen LogP contribution in [0.1, 0.15) is 24.2 Å². The second-order valence-electron chi connectivity index (χ2n) is 5.36. The van der Waals surface area contributed by atoms with Crippen LogP contribution in [0.15, 0.2) is 24.3 Å². The summed E-state index contributed by atoms with van der Waals surface area (Å²) in [6.45, 7) is 3.40. The summed E-state index contributed by atoms with van der Waals surface area (Å²) in [6.07, 6.45) is -1.09. The van der Waals surface area contributed by atoms with Gasteiger partial charge in [-0.2, -0.15) is 0 Å². The molecule has 0 radical (unpaired) electrons. The van der Waals surface area contributed by atoms with E-state index in [1.54, 1.807) is 38.1 Å². The van der Waals surface area contributed by atoms with E-state index in [9.17, 15) is 14.4 Å². The number of rotatable bonds is 5. The standard InChI is InChI=1S/C15H21N3O4/c1-9(2)12(13(19)17-15(16)21)22-14(20)10-5-7-11(8-6-10)18(3)4/h5-9,12H,1-4H3,(H3,16,17,19,21)/t12-/m1/s1. The first kappa shape index (κ1) is 17.5. The molecule has 3 amide bonds. The second kappa shape index (κ2) is 7.44. The van der Waals surface area contributed by atoms with Crippen LogP contribution in [-0.4, -0.2) is 38.1 Å². The Bertz CT molecular complexity index is 552. The van der Waals surface area contributed by atoms with Crippen molar-refractivity contribution in [3.63, 3.8) is 0 Å². The third-order valence-corrected chi connectivity index (χ3v) is 2.96. The van der Waals surface area contributed by atoms with E-state index in [1.807, 2.05) is 24.3 Å². The van der Waals surface area contributed by atoms with Crippen molar-refractivity contribution in [2.45, 2.75) is 20.0 Å². The third-order valence-electron chi connectivity index (χ3n) is 2.96. The molecule has 22 heavy (non-hydrogen) atoms. The molecule has 0 spiro atoms. The third kappa shape index (κ3) is 4.76. The molecular weight excluding hydrogens is 286 g/mol. The van der Waals surface area contributed by atoms with Gasteiger partial charge in [0.05, 0.1) is 5.56 Å². The van der Waals surface area contributed by atoms with Crippen molar-refractivity contribution in [2.75, 3.05) is 19.0 Å². The first-order valence-electron chi connectivity index (χ1n) is 6.81. The van der Waals surface area contributed by atoms with Crippen LogP contribution in [0.3, 0.4) is 0 Å². The topological polar surface area (TPSA) is 102 Å². The quantitative estimate of drug-likeness (QED) is 0.794. The van der Waals surface area contributed by atoms with E-state index in [1.165, 1.54) is 0 Å². The van der Waals surface area contributed by atoms with Crippen LogP contribution < -0.4 is 16.0 Å². The van der Waals surface area contributed by atoms with E-state index in [4.69, 9.17) is 10.5 Å².